The molecule has 0 saturated heterocycles. The summed E-state index contributed by atoms with van der Waals surface area (Å²) in [5, 5.41) is 3.25. The number of aryl methyl sites for hydroxylation is 1. The molecule has 4 nitrogen and oxygen atoms in total. The average molecular weight is 243 g/mol. The Bertz CT molecular complexity index is 540. The molecule has 2 aromatic rings. The Balaban J connectivity index is 2.25. The van der Waals surface area contributed by atoms with Gasteiger partial charge in [0.15, 0.2) is 0 Å². The first-order valence-corrected chi connectivity index (χ1v) is 5.76. The molecule has 4 heteroatoms. The molecular weight excluding hydrogens is 226 g/mol. The molecule has 0 aliphatic heterocycles. The number of nitrogens with zero attached hydrogens (tertiary/aromatic N) is 1. The highest BCUT2D eigenvalue weighted by molar-refractivity contribution is 5.64. The van der Waals surface area contributed by atoms with Crippen molar-refractivity contribution >= 4 is 17.2 Å². The second-order valence-corrected chi connectivity index (χ2v) is 4.14. The molecule has 0 unspecified atom stereocenters. The number of benzene rings is 1. The molecular formula is C14H17N3O. The van der Waals surface area contributed by atoms with E-state index in [0.717, 1.165) is 28.3 Å². The molecule has 18 heavy (non-hydrogen) atoms. The van der Waals surface area contributed by atoms with E-state index in [2.05, 4.69) is 10.3 Å². The molecule has 1 heterocycles. The Morgan fingerprint density at radius 3 is 2.83 bits per heavy atom. The molecule has 0 bridgehead atoms. The summed E-state index contributed by atoms with van der Waals surface area (Å²) in [6.07, 6.45) is 1.76. The number of nitrogens with one attached hydrogen (secondary N) is 1. The minimum absolute atomic E-state index is 0.560. The van der Waals surface area contributed by atoms with Gasteiger partial charge in [-0.2, -0.15) is 0 Å². The fourth-order valence-corrected chi connectivity index (χ4v) is 1.67. The van der Waals surface area contributed by atoms with Crippen molar-refractivity contribution in [2.75, 3.05) is 18.2 Å². The van der Waals surface area contributed by atoms with Crippen LogP contribution in [0.25, 0.3) is 0 Å². The third-order valence-corrected chi connectivity index (χ3v) is 2.72. The quantitative estimate of drug-likeness (QED) is 0.866. The third-order valence-electron chi connectivity index (χ3n) is 2.72. The molecule has 2 rings (SSSR count). The lowest BCUT2D eigenvalue weighted by molar-refractivity contribution is 0.185. The van der Waals surface area contributed by atoms with E-state index >= 15 is 0 Å². The van der Waals surface area contributed by atoms with E-state index in [9.17, 15) is 0 Å². The van der Waals surface area contributed by atoms with Crippen molar-refractivity contribution in [2.45, 2.75) is 13.5 Å². The van der Waals surface area contributed by atoms with Gasteiger partial charge in [0.05, 0.1) is 6.61 Å². The van der Waals surface area contributed by atoms with Gasteiger partial charge in [0.25, 0.3) is 0 Å². The predicted molar refractivity (Wildman–Crippen MR) is 73.8 cm³/mol. The molecule has 0 aliphatic carbocycles. The van der Waals surface area contributed by atoms with Crippen LogP contribution >= 0.6 is 0 Å². The standard InChI is InChI=1S/C14H17N3O/c1-10-8-16-14(7-12(10)15)17-13-6-4-3-5-11(13)9-18-2/h3-8H,9H2,1-2H3,(H3,15,16,17). The van der Waals surface area contributed by atoms with Crippen molar-refractivity contribution in [2.24, 2.45) is 0 Å². The number of nitrogens with two attached hydrogens (primary N) is 1. The lowest BCUT2D eigenvalue weighted by Gasteiger charge is -2.11. The van der Waals surface area contributed by atoms with E-state index in [0.29, 0.717) is 6.61 Å². The van der Waals surface area contributed by atoms with Crippen LogP contribution in [0.3, 0.4) is 0 Å². The summed E-state index contributed by atoms with van der Waals surface area (Å²) in [5.74, 6) is 0.738. The van der Waals surface area contributed by atoms with Crippen LogP contribution in [0.15, 0.2) is 36.5 Å². The molecule has 0 aliphatic rings. The lowest BCUT2D eigenvalue weighted by Crippen LogP contribution is -2.00. The molecule has 0 atom stereocenters. The van der Waals surface area contributed by atoms with Gasteiger partial charge in [0, 0.05) is 36.3 Å². The van der Waals surface area contributed by atoms with E-state index in [1.165, 1.54) is 0 Å². The highest BCUT2D eigenvalue weighted by Gasteiger charge is 2.03. The Kier molecular flexibility index (Phi) is 3.79. The molecule has 1 aromatic carbocycles. The molecule has 0 fully saturated rings. The van der Waals surface area contributed by atoms with Crippen LogP contribution in [0.2, 0.25) is 0 Å². The van der Waals surface area contributed by atoms with Crippen LogP contribution in [0.4, 0.5) is 17.2 Å². The first kappa shape index (κ1) is 12.4. The maximum absolute atomic E-state index is 5.87. The lowest BCUT2D eigenvalue weighted by atomic mass is 10.2. The topological polar surface area (TPSA) is 60.2 Å². The van der Waals surface area contributed by atoms with Gasteiger partial charge in [0.2, 0.25) is 0 Å². The predicted octanol–water partition coefficient (Wildman–Crippen LogP) is 2.86. The molecule has 0 saturated carbocycles. The molecule has 94 valence electrons. The first-order valence-electron chi connectivity index (χ1n) is 5.76. The summed E-state index contributed by atoms with van der Waals surface area (Å²) < 4.78 is 5.16. The van der Waals surface area contributed by atoms with Gasteiger partial charge in [-0.15, -0.1) is 0 Å². The van der Waals surface area contributed by atoms with Crippen molar-refractivity contribution in [3.05, 3.63) is 47.7 Å². The Labute approximate surface area is 107 Å². The number of aromatic nitrogens is 1. The number of nitrogen functional groups attached to an aromatic ring is 1. The van der Waals surface area contributed by atoms with Gasteiger partial charge in [-0.05, 0) is 18.6 Å². The van der Waals surface area contributed by atoms with E-state index in [-0.39, 0.29) is 0 Å². The van der Waals surface area contributed by atoms with Crippen molar-refractivity contribution in [1.82, 2.24) is 4.98 Å². The summed E-state index contributed by atoms with van der Waals surface area (Å²) in [7, 11) is 1.68. The highest BCUT2D eigenvalue weighted by atomic mass is 16.5. The van der Waals surface area contributed by atoms with Crippen molar-refractivity contribution in [3.8, 4) is 0 Å². The highest BCUT2D eigenvalue weighted by Crippen LogP contribution is 2.22. The van der Waals surface area contributed by atoms with Crippen LogP contribution in [0.1, 0.15) is 11.1 Å². The average Bonchev–Trinajstić information content (AvgIpc) is 2.37. The second kappa shape index (κ2) is 5.51. The van der Waals surface area contributed by atoms with E-state index < -0.39 is 0 Å². The maximum atomic E-state index is 5.87. The summed E-state index contributed by atoms with van der Waals surface area (Å²) in [5.41, 5.74) is 9.64. The Morgan fingerprint density at radius 1 is 1.33 bits per heavy atom. The minimum Gasteiger partial charge on any atom is -0.398 e. The fraction of sp³-hybridized carbons (Fsp3) is 0.214. The number of para-hydroxylation sites is 1. The summed E-state index contributed by atoms with van der Waals surface area (Å²) in [4.78, 5) is 4.30. The second-order valence-electron chi connectivity index (χ2n) is 4.14. The van der Waals surface area contributed by atoms with Crippen molar-refractivity contribution in [1.29, 1.82) is 0 Å². The zero-order chi connectivity index (χ0) is 13.0. The van der Waals surface area contributed by atoms with Crippen LogP contribution in [-0.2, 0) is 11.3 Å². The van der Waals surface area contributed by atoms with Crippen LogP contribution in [0.5, 0.6) is 0 Å². The Hall–Kier alpha value is -2.07. The van der Waals surface area contributed by atoms with E-state index in [4.69, 9.17) is 10.5 Å². The summed E-state index contributed by atoms with van der Waals surface area (Å²) in [6, 6.07) is 9.80. The third kappa shape index (κ3) is 2.78. The van der Waals surface area contributed by atoms with Gasteiger partial charge in [-0.3, -0.25) is 0 Å². The number of hydrogen-bond donors (Lipinski definition) is 2. The molecule has 0 radical (unpaired) electrons. The largest absolute Gasteiger partial charge is 0.398 e. The van der Waals surface area contributed by atoms with Crippen LogP contribution in [-0.4, -0.2) is 12.1 Å². The summed E-state index contributed by atoms with van der Waals surface area (Å²) >= 11 is 0. The molecule has 3 N–H and O–H groups in total. The monoisotopic (exact) mass is 243 g/mol. The number of anilines is 3. The number of ether oxygens (including phenoxy) is 1. The normalized spacial score (nSPS) is 10.3. The molecule has 0 amide bonds. The Morgan fingerprint density at radius 2 is 2.11 bits per heavy atom. The van der Waals surface area contributed by atoms with Gasteiger partial charge in [-0.1, -0.05) is 18.2 Å². The fourth-order valence-electron chi connectivity index (χ4n) is 1.67. The van der Waals surface area contributed by atoms with Crippen LogP contribution in [0, 0.1) is 6.92 Å². The number of methoxy groups -OCH3 is 1. The van der Waals surface area contributed by atoms with Gasteiger partial charge >= 0.3 is 0 Å². The van der Waals surface area contributed by atoms with Crippen molar-refractivity contribution in [3.63, 3.8) is 0 Å². The van der Waals surface area contributed by atoms with Gasteiger partial charge < -0.3 is 15.8 Å². The van der Waals surface area contributed by atoms with Gasteiger partial charge in [0.1, 0.15) is 5.82 Å². The molecule has 1 aromatic heterocycles. The van der Waals surface area contributed by atoms with Crippen LogP contribution < -0.4 is 11.1 Å². The van der Waals surface area contributed by atoms with E-state index in [1.54, 1.807) is 13.3 Å². The smallest absolute Gasteiger partial charge is 0.132 e. The van der Waals surface area contributed by atoms with Gasteiger partial charge in [-0.25, -0.2) is 4.98 Å². The zero-order valence-electron chi connectivity index (χ0n) is 10.6. The minimum atomic E-state index is 0.560. The summed E-state index contributed by atoms with van der Waals surface area (Å²) in [6.45, 7) is 2.50. The van der Waals surface area contributed by atoms with Crippen molar-refractivity contribution < 1.29 is 4.74 Å². The number of hydrogen-bond acceptors (Lipinski definition) is 4. The zero-order valence-corrected chi connectivity index (χ0v) is 10.6. The first-order chi connectivity index (χ1) is 8.70. The number of pyridine rings is 1. The maximum Gasteiger partial charge on any atom is 0.132 e. The number of rotatable bonds is 4. The molecule has 0 spiro atoms. The SMILES string of the molecule is COCc1ccccc1Nc1cc(N)c(C)cn1. The van der Waals surface area contributed by atoms with E-state index in [1.807, 2.05) is 37.3 Å².